The maximum absolute atomic E-state index is 9.58. The van der Waals surface area contributed by atoms with E-state index in [0.717, 1.165) is 5.39 Å². The van der Waals surface area contributed by atoms with Gasteiger partial charge >= 0.3 is 0 Å². The predicted octanol–water partition coefficient (Wildman–Crippen LogP) is 13.0. The van der Waals surface area contributed by atoms with Gasteiger partial charge < -0.3 is 0 Å². The molecule has 0 bridgehead atoms. The van der Waals surface area contributed by atoms with Gasteiger partial charge in [-0.2, -0.15) is 0 Å². The molecule has 9 aromatic rings. The first kappa shape index (κ1) is 12.1. The molecule has 0 N–H and O–H groups in total. The summed E-state index contributed by atoms with van der Waals surface area (Å²) < 4.78 is 208. The molecule has 0 nitrogen and oxygen atoms in total. The monoisotopic (exact) mass is 605 g/mol. The smallest absolute Gasteiger partial charge is 0.0622 e. The minimum absolute atomic E-state index is 0.0873. The van der Waals surface area contributed by atoms with Crippen LogP contribution in [0.25, 0.3) is 87.6 Å². The summed E-state index contributed by atoms with van der Waals surface area (Å²) in [6.07, 6.45) is 0. The lowest BCUT2D eigenvalue weighted by atomic mass is 9.85. The maximum atomic E-state index is 9.58. The van der Waals surface area contributed by atoms with E-state index in [-0.39, 0.29) is 5.56 Å². The van der Waals surface area contributed by atoms with E-state index in [2.05, 4.69) is 0 Å². The molecule has 0 radical (unpaired) electrons. The van der Waals surface area contributed by atoms with E-state index in [1.165, 1.54) is 0 Å². The van der Waals surface area contributed by atoms with E-state index in [0.29, 0.717) is 10.9 Å². The van der Waals surface area contributed by atoms with Crippen LogP contribution in [-0.4, -0.2) is 0 Å². The van der Waals surface area contributed by atoms with Crippen molar-refractivity contribution in [3.05, 3.63) is 181 Å². The van der Waals surface area contributed by atoms with Gasteiger partial charge in [0.15, 0.2) is 0 Å². The van der Waals surface area contributed by atoms with Crippen LogP contribution in [0.4, 0.5) is 0 Å². The number of hydrogen-bond donors (Lipinski definition) is 0. The van der Waals surface area contributed by atoms with Gasteiger partial charge in [0.25, 0.3) is 0 Å². The van der Waals surface area contributed by atoms with Crippen LogP contribution < -0.4 is 0 Å². The topological polar surface area (TPSA) is 0 Å². The minimum Gasteiger partial charge on any atom is -0.0622 e. The lowest BCUT2D eigenvalue weighted by Crippen LogP contribution is -1.91. The van der Waals surface area contributed by atoms with E-state index in [4.69, 9.17) is 16.4 Å². The Kier molecular flexibility index (Phi) is 2.86. The molecule has 0 amide bonds. The summed E-state index contributed by atoms with van der Waals surface area (Å²) in [5.41, 5.74) is -3.88. The first-order valence-corrected chi connectivity index (χ1v) is 14.1. The van der Waals surface area contributed by atoms with Crippen molar-refractivity contribution in [3.63, 3.8) is 0 Å². The Labute approximate surface area is 301 Å². The van der Waals surface area contributed by atoms with E-state index in [1.54, 1.807) is 42.5 Å². The van der Waals surface area contributed by atoms with Crippen LogP contribution >= 0.6 is 0 Å². The Balaban J connectivity index is 1.49. The SMILES string of the molecule is [2H]c1c([2H])c([2H])c(-c2c3c([2H])c([2H])c([2H])c([2H])c3c(-c3c([2H])c([2H])c(-c4c([2H])c([2H])c([2H])c5c([2H])c(-c6cccc7ccccc67)c([2H])c([2H])c45)c([2H])c3[2H])c3c([2H])c([2H])c([2H])c([2H])c23)c([2H])c1[2H]. The van der Waals surface area contributed by atoms with E-state index in [9.17, 15) is 15.1 Å². The molecule has 0 heteroatoms. The van der Waals surface area contributed by atoms with Crippen molar-refractivity contribution in [1.29, 1.82) is 0 Å². The molecule has 214 valence electrons. The van der Waals surface area contributed by atoms with Gasteiger partial charge in [-0.25, -0.2) is 0 Å². The molecule has 0 aromatic heterocycles. The Morgan fingerprint density at radius 1 is 0.304 bits per heavy atom. The highest BCUT2D eigenvalue weighted by atomic mass is 14.2. The number of fused-ring (bicyclic) bond motifs is 4. The standard InChI is InChI=1S/C46H30/c1-2-13-33(14-3-1)45-41-18-6-8-20-43(41)46(44-21-9-7-19-42(44)45)34-26-24-32(25-27-34)38-22-11-16-35-30-36(28-29-40(35)38)39-23-10-15-31-12-4-5-17-37(31)39/h1-30H/i1D,2D,3D,6D,7D,8D,9D,11D,13D,14D,16D,18D,19D,20D,21D,22D,24D,25D,26D,27D,28D,29D,30D. The van der Waals surface area contributed by atoms with Crippen LogP contribution in [0, 0.1) is 0 Å². The van der Waals surface area contributed by atoms with Crippen LogP contribution in [0.3, 0.4) is 0 Å². The third kappa shape index (κ3) is 4.30. The highest BCUT2D eigenvalue weighted by Gasteiger charge is 2.16. The molecule has 0 saturated carbocycles. The van der Waals surface area contributed by atoms with Crippen molar-refractivity contribution in [3.8, 4) is 44.5 Å². The Morgan fingerprint density at radius 2 is 0.870 bits per heavy atom. The molecule has 0 spiro atoms. The third-order valence-corrected chi connectivity index (χ3v) is 7.75. The second-order valence-corrected chi connectivity index (χ2v) is 10.3. The number of benzene rings is 9. The molecule has 0 unspecified atom stereocenters. The molecule has 0 heterocycles. The highest BCUT2D eigenvalue weighted by Crippen LogP contribution is 2.44. The van der Waals surface area contributed by atoms with Crippen molar-refractivity contribution in [1.82, 2.24) is 0 Å². The van der Waals surface area contributed by atoms with Gasteiger partial charge in [0.05, 0.1) is 31.5 Å². The van der Waals surface area contributed by atoms with Crippen molar-refractivity contribution in [2.45, 2.75) is 0 Å². The molecule has 9 aromatic carbocycles. The van der Waals surface area contributed by atoms with Gasteiger partial charge in [-0.05, 0) is 93.6 Å². The second kappa shape index (κ2) is 10.9. The fourth-order valence-corrected chi connectivity index (χ4v) is 5.73. The van der Waals surface area contributed by atoms with Gasteiger partial charge in [-0.15, -0.1) is 0 Å². The highest BCUT2D eigenvalue weighted by molar-refractivity contribution is 6.21. The predicted molar refractivity (Wildman–Crippen MR) is 198 cm³/mol. The van der Waals surface area contributed by atoms with Crippen LogP contribution in [-0.2, 0) is 0 Å². The molecule has 0 aliphatic carbocycles. The molecule has 0 fully saturated rings. The Hall–Kier alpha value is -5.98. The third-order valence-electron chi connectivity index (χ3n) is 7.75. The molecule has 9 rings (SSSR count). The van der Waals surface area contributed by atoms with Gasteiger partial charge in [-0.3, -0.25) is 0 Å². The summed E-state index contributed by atoms with van der Waals surface area (Å²) in [5.74, 6) is 0. The summed E-state index contributed by atoms with van der Waals surface area (Å²) in [6, 6.07) is -7.75. The number of hydrogen-bond acceptors (Lipinski definition) is 0. The maximum Gasteiger partial charge on any atom is 0.0636 e. The van der Waals surface area contributed by atoms with Crippen molar-refractivity contribution >= 4 is 43.1 Å². The Bertz CT molecular complexity index is 3730. The normalized spacial score (nSPS) is 18.5. The fourth-order valence-electron chi connectivity index (χ4n) is 5.73. The lowest BCUT2D eigenvalue weighted by Gasteiger charge is -2.18. The van der Waals surface area contributed by atoms with Crippen molar-refractivity contribution in [2.75, 3.05) is 0 Å². The summed E-state index contributed by atoms with van der Waals surface area (Å²) in [5, 5.41) is -2.18. The van der Waals surface area contributed by atoms with E-state index < -0.39 is 205 Å². The zero-order valence-electron chi connectivity index (χ0n) is 46.5. The van der Waals surface area contributed by atoms with Gasteiger partial charge in [0.1, 0.15) is 0 Å². The van der Waals surface area contributed by atoms with Crippen LogP contribution in [0.15, 0.2) is 181 Å². The average Bonchev–Trinajstić information content (AvgIpc) is 3.33. The van der Waals surface area contributed by atoms with Crippen molar-refractivity contribution < 1.29 is 31.5 Å². The van der Waals surface area contributed by atoms with Gasteiger partial charge in [0, 0.05) is 0 Å². The van der Waals surface area contributed by atoms with Gasteiger partial charge in [0.2, 0.25) is 0 Å². The van der Waals surface area contributed by atoms with Crippen LogP contribution in [0.5, 0.6) is 0 Å². The van der Waals surface area contributed by atoms with Crippen LogP contribution in [0.2, 0.25) is 0 Å². The largest absolute Gasteiger partial charge is 0.0636 e. The molecule has 0 saturated heterocycles. The molecule has 0 atom stereocenters. The molecular formula is C46H30. The van der Waals surface area contributed by atoms with Crippen molar-refractivity contribution in [2.24, 2.45) is 0 Å². The van der Waals surface area contributed by atoms with Gasteiger partial charge in [-0.1, -0.05) is 175 Å². The number of rotatable bonds is 4. The van der Waals surface area contributed by atoms with Crippen LogP contribution in [0.1, 0.15) is 31.5 Å². The van der Waals surface area contributed by atoms with E-state index >= 15 is 0 Å². The lowest BCUT2D eigenvalue weighted by molar-refractivity contribution is 1.63. The molecular weight excluding hydrogens is 553 g/mol. The second-order valence-electron chi connectivity index (χ2n) is 10.3. The average molecular weight is 606 g/mol. The summed E-state index contributed by atoms with van der Waals surface area (Å²) in [6.45, 7) is 0. The first-order valence-electron chi connectivity index (χ1n) is 25.6. The first-order chi connectivity index (χ1) is 32.4. The molecule has 0 aliphatic rings. The summed E-state index contributed by atoms with van der Waals surface area (Å²) in [7, 11) is 0. The summed E-state index contributed by atoms with van der Waals surface area (Å²) >= 11 is 0. The zero-order chi connectivity index (χ0) is 50.5. The van der Waals surface area contributed by atoms with E-state index in [1.807, 2.05) is 0 Å². The molecule has 0 aliphatic heterocycles. The minimum atomic E-state index is -1.02. The quantitative estimate of drug-likeness (QED) is 0.175. The Morgan fingerprint density at radius 3 is 1.57 bits per heavy atom. The zero-order valence-corrected chi connectivity index (χ0v) is 23.5. The summed E-state index contributed by atoms with van der Waals surface area (Å²) in [4.78, 5) is 0. The fraction of sp³-hybridized carbons (Fsp3) is 0. The molecule has 46 heavy (non-hydrogen) atoms.